The van der Waals surface area contributed by atoms with Gasteiger partial charge in [0.05, 0.1) is 0 Å². The second-order valence-electron chi connectivity index (χ2n) is 5.93. The fourth-order valence-electron chi connectivity index (χ4n) is 2.21. The molecule has 0 bridgehead atoms. The highest BCUT2D eigenvalue weighted by Gasteiger charge is 2.28. The zero-order valence-electron chi connectivity index (χ0n) is 13.7. The maximum absolute atomic E-state index is 4.78. The summed E-state index contributed by atoms with van der Waals surface area (Å²) in [5.74, 6) is 4.79. The molecule has 2 N–H and O–H groups in total. The molecule has 0 radical (unpaired) electrons. The second-order valence-corrected chi connectivity index (χ2v) is 6.92. The summed E-state index contributed by atoms with van der Waals surface area (Å²) >= 11 is 1.89. The highest BCUT2D eigenvalue weighted by Crippen LogP contribution is 2.39. The molecule has 1 aliphatic carbocycles. The standard InChI is InChI=1S/C16H28N4S/c1-5-9-17-14-12(3)15(18-11(2)8-10-21-4)20-16(19-14)13-6-7-13/h11,13H,5-10H2,1-4H3,(H2,17,18,19,20). The van der Waals surface area contributed by atoms with E-state index in [2.05, 4.69) is 37.7 Å². The van der Waals surface area contributed by atoms with E-state index in [0.717, 1.165) is 42.4 Å². The van der Waals surface area contributed by atoms with Gasteiger partial charge in [0.2, 0.25) is 0 Å². The minimum absolute atomic E-state index is 0.442. The van der Waals surface area contributed by atoms with Crippen LogP contribution in [0.4, 0.5) is 11.6 Å². The van der Waals surface area contributed by atoms with Crippen molar-refractivity contribution >= 4 is 23.4 Å². The van der Waals surface area contributed by atoms with E-state index in [1.807, 2.05) is 11.8 Å². The van der Waals surface area contributed by atoms with E-state index >= 15 is 0 Å². The minimum atomic E-state index is 0.442. The van der Waals surface area contributed by atoms with Crippen molar-refractivity contribution in [1.82, 2.24) is 9.97 Å². The Morgan fingerprint density at radius 2 is 2.00 bits per heavy atom. The SMILES string of the molecule is CCCNc1nc(C2CC2)nc(NC(C)CCSC)c1C. The largest absolute Gasteiger partial charge is 0.370 e. The molecule has 4 nitrogen and oxygen atoms in total. The van der Waals surface area contributed by atoms with E-state index < -0.39 is 0 Å². The number of nitrogens with one attached hydrogen (secondary N) is 2. The Morgan fingerprint density at radius 1 is 1.29 bits per heavy atom. The molecule has 0 aliphatic heterocycles. The number of aromatic nitrogens is 2. The van der Waals surface area contributed by atoms with Crippen LogP contribution in [0.25, 0.3) is 0 Å². The van der Waals surface area contributed by atoms with Crippen molar-refractivity contribution in [3.05, 3.63) is 11.4 Å². The maximum Gasteiger partial charge on any atom is 0.136 e. The van der Waals surface area contributed by atoms with Crippen LogP contribution < -0.4 is 10.6 Å². The van der Waals surface area contributed by atoms with Crippen LogP contribution in [0.1, 0.15) is 56.8 Å². The molecule has 1 fully saturated rings. The summed E-state index contributed by atoms with van der Waals surface area (Å²) in [4.78, 5) is 9.52. The van der Waals surface area contributed by atoms with Gasteiger partial charge in [0.1, 0.15) is 17.5 Å². The lowest BCUT2D eigenvalue weighted by Crippen LogP contribution is -2.19. The van der Waals surface area contributed by atoms with Crippen LogP contribution in [0.2, 0.25) is 0 Å². The molecule has 1 aromatic rings. The van der Waals surface area contributed by atoms with Crippen LogP contribution in [0.15, 0.2) is 0 Å². The monoisotopic (exact) mass is 308 g/mol. The zero-order valence-corrected chi connectivity index (χ0v) is 14.5. The molecule has 1 aromatic heterocycles. The van der Waals surface area contributed by atoms with Gasteiger partial charge in [-0.2, -0.15) is 11.8 Å². The van der Waals surface area contributed by atoms with E-state index in [-0.39, 0.29) is 0 Å². The maximum atomic E-state index is 4.78. The molecule has 1 aliphatic rings. The van der Waals surface area contributed by atoms with Crippen LogP contribution >= 0.6 is 11.8 Å². The molecular formula is C16H28N4S. The van der Waals surface area contributed by atoms with Crippen LogP contribution in [0.3, 0.4) is 0 Å². The fourth-order valence-corrected chi connectivity index (χ4v) is 2.80. The van der Waals surface area contributed by atoms with E-state index in [1.54, 1.807) is 0 Å². The lowest BCUT2D eigenvalue weighted by molar-refractivity contribution is 0.760. The van der Waals surface area contributed by atoms with Gasteiger partial charge in [0.25, 0.3) is 0 Å². The molecule has 5 heteroatoms. The second kappa shape index (κ2) is 7.87. The van der Waals surface area contributed by atoms with E-state index in [4.69, 9.17) is 9.97 Å². The summed E-state index contributed by atoms with van der Waals surface area (Å²) in [5, 5.41) is 7.03. The first-order chi connectivity index (χ1) is 10.2. The summed E-state index contributed by atoms with van der Waals surface area (Å²) < 4.78 is 0. The molecule has 1 heterocycles. The molecule has 0 aromatic carbocycles. The van der Waals surface area contributed by atoms with E-state index in [1.165, 1.54) is 18.6 Å². The number of hydrogen-bond acceptors (Lipinski definition) is 5. The summed E-state index contributed by atoms with van der Waals surface area (Å²) in [6, 6.07) is 0.442. The first-order valence-corrected chi connectivity index (χ1v) is 9.43. The van der Waals surface area contributed by atoms with Gasteiger partial charge >= 0.3 is 0 Å². The quantitative estimate of drug-likeness (QED) is 0.721. The third-order valence-corrected chi connectivity index (χ3v) is 4.43. The number of thioether (sulfide) groups is 1. The van der Waals surface area contributed by atoms with Crippen molar-refractivity contribution in [3.8, 4) is 0 Å². The normalized spacial score (nSPS) is 15.8. The number of nitrogens with zero attached hydrogens (tertiary/aromatic N) is 2. The molecular weight excluding hydrogens is 280 g/mol. The van der Waals surface area contributed by atoms with Crippen molar-refractivity contribution in [2.75, 3.05) is 29.2 Å². The molecule has 0 spiro atoms. The van der Waals surface area contributed by atoms with Crippen molar-refractivity contribution in [3.63, 3.8) is 0 Å². The highest BCUT2D eigenvalue weighted by molar-refractivity contribution is 7.98. The molecule has 0 amide bonds. The average Bonchev–Trinajstić information content (AvgIpc) is 3.30. The van der Waals surface area contributed by atoms with Crippen molar-refractivity contribution in [2.45, 2.75) is 58.4 Å². The molecule has 1 unspecified atom stereocenters. The Morgan fingerprint density at radius 3 is 2.62 bits per heavy atom. The van der Waals surface area contributed by atoms with Gasteiger partial charge < -0.3 is 10.6 Å². The summed E-state index contributed by atoms with van der Waals surface area (Å²) in [6.45, 7) is 7.48. The fraction of sp³-hybridized carbons (Fsp3) is 0.750. The lowest BCUT2D eigenvalue weighted by Gasteiger charge is -2.18. The smallest absolute Gasteiger partial charge is 0.136 e. The number of hydrogen-bond donors (Lipinski definition) is 2. The highest BCUT2D eigenvalue weighted by atomic mass is 32.2. The van der Waals surface area contributed by atoms with Crippen molar-refractivity contribution in [1.29, 1.82) is 0 Å². The summed E-state index contributed by atoms with van der Waals surface area (Å²) in [5.41, 5.74) is 1.14. The van der Waals surface area contributed by atoms with Gasteiger partial charge in [-0.1, -0.05) is 6.92 Å². The van der Waals surface area contributed by atoms with Gasteiger partial charge in [-0.25, -0.2) is 9.97 Å². The topological polar surface area (TPSA) is 49.8 Å². The third-order valence-electron chi connectivity index (χ3n) is 3.79. The predicted octanol–water partition coefficient (Wildman–Crippen LogP) is 4.04. The Labute approximate surface area is 132 Å². The Kier molecular flexibility index (Phi) is 6.15. The van der Waals surface area contributed by atoms with Crippen LogP contribution in [-0.4, -0.2) is 34.6 Å². The first-order valence-electron chi connectivity index (χ1n) is 8.03. The zero-order chi connectivity index (χ0) is 15.2. The molecule has 21 heavy (non-hydrogen) atoms. The minimum Gasteiger partial charge on any atom is -0.370 e. The predicted molar refractivity (Wildman–Crippen MR) is 93.6 cm³/mol. The van der Waals surface area contributed by atoms with Crippen LogP contribution in [-0.2, 0) is 0 Å². The third kappa shape index (κ3) is 4.77. The Bertz CT molecular complexity index is 460. The van der Waals surface area contributed by atoms with E-state index in [9.17, 15) is 0 Å². The molecule has 1 atom stereocenters. The van der Waals surface area contributed by atoms with Crippen molar-refractivity contribution < 1.29 is 0 Å². The summed E-state index contributed by atoms with van der Waals surface area (Å²) in [6.07, 6.45) is 6.88. The van der Waals surface area contributed by atoms with Gasteiger partial charge in [-0.05, 0) is 51.5 Å². The van der Waals surface area contributed by atoms with Crippen LogP contribution in [0, 0.1) is 6.92 Å². The number of rotatable bonds is 9. The van der Waals surface area contributed by atoms with Gasteiger partial charge in [0, 0.05) is 24.1 Å². The lowest BCUT2D eigenvalue weighted by atomic mass is 10.2. The Hall–Kier alpha value is -0.970. The molecule has 118 valence electrons. The average molecular weight is 308 g/mol. The van der Waals surface area contributed by atoms with Crippen LogP contribution in [0.5, 0.6) is 0 Å². The van der Waals surface area contributed by atoms with Gasteiger partial charge in [0.15, 0.2) is 0 Å². The number of anilines is 2. The molecule has 1 saturated carbocycles. The van der Waals surface area contributed by atoms with E-state index in [0.29, 0.717) is 12.0 Å². The van der Waals surface area contributed by atoms with Gasteiger partial charge in [-0.3, -0.25) is 0 Å². The molecule has 0 saturated heterocycles. The van der Waals surface area contributed by atoms with Gasteiger partial charge in [-0.15, -0.1) is 0 Å². The van der Waals surface area contributed by atoms with Crippen molar-refractivity contribution in [2.24, 2.45) is 0 Å². The summed E-state index contributed by atoms with van der Waals surface area (Å²) in [7, 11) is 0. The Balaban J connectivity index is 2.15. The molecule has 2 rings (SSSR count). The first kappa shape index (κ1) is 16.4.